The highest BCUT2D eigenvalue weighted by molar-refractivity contribution is 7.19. The van der Waals surface area contributed by atoms with Gasteiger partial charge in [-0.25, -0.2) is 9.97 Å². The fourth-order valence-electron chi connectivity index (χ4n) is 3.97. The van der Waals surface area contributed by atoms with E-state index in [0.29, 0.717) is 5.75 Å². The van der Waals surface area contributed by atoms with Crippen LogP contribution < -0.4 is 15.1 Å². The van der Waals surface area contributed by atoms with Crippen LogP contribution in [-0.2, 0) is 13.0 Å². The van der Waals surface area contributed by atoms with Gasteiger partial charge >= 0.3 is 0 Å². The molecule has 150 valence electrons. The molecule has 0 unspecified atom stereocenters. The normalized spacial score (nSPS) is 16.3. The van der Waals surface area contributed by atoms with Crippen LogP contribution in [0.1, 0.15) is 10.4 Å². The summed E-state index contributed by atoms with van der Waals surface area (Å²) in [6, 6.07) is 7.57. The second-order valence-electron chi connectivity index (χ2n) is 6.77. The zero-order valence-corrected chi connectivity index (χ0v) is 17.7. The van der Waals surface area contributed by atoms with E-state index < -0.39 is 0 Å². The van der Waals surface area contributed by atoms with Crippen LogP contribution in [0.15, 0.2) is 30.6 Å². The lowest BCUT2D eigenvalue weighted by Gasteiger charge is -2.37. The van der Waals surface area contributed by atoms with E-state index in [1.165, 1.54) is 15.8 Å². The molecule has 1 aromatic carbocycles. The zero-order chi connectivity index (χ0) is 17.5. The van der Waals surface area contributed by atoms with Gasteiger partial charge in [0.05, 0.1) is 11.1 Å². The molecule has 0 atom stereocenters. The number of phenols is 1. The number of anilines is 2. The summed E-state index contributed by atoms with van der Waals surface area (Å²) in [6.45, 7) is 5.49. The molecule has 6 nitrogen and oxygen atoms in total. The van der Waals surface area contributed by atoms with E-state index in [0.717, 1.165) is 62.0 Å². The van der Waals surface area contributed by atoms with Gasteiger partial charge in [-0.3, -0.25) is 0 Å². The first-order chi connectivity index (χ1) is 12.8. The SMILES string of the molecule is Cl.Cl.Oc1ccccc1N1CCN(c2ncnc3sc4c(c23)CCNC4)CC1. The third kappa shape index (κ3) is 3.59. The van der Waals surface area contributed by atoms with Crippen LogP contribution in [0.4, 0.5) is 11.5 Å². The zero-order valence-electron chi connectivity index (χ0n) is 15.3. The predicted octanol–water partition coefficient (Wildman–Crippen LogP) is 3.21. The molecular weight excluding hydrogens is 417 g/mol. The molecule has 0 radical (unpaired) electrons. The van der Waals surface area contributed by atoms with E-state index >= 15 is 0 Å². The molecule has 0 saturated carbocycles. The molecule has 1 fully saturated rings. The number of aromatic hydroxyl groups is 1. The molecule has 0 bridgehead atoms. The van der Waals surface area contributed by atoms with Gasteiger partial charge < -0.3 is 20.2 Å². The number of fused-ring (bicyclic) bond motifs is 3. The molecule has 2 N–H and O–H groups in total. The maximum Gasteiger partial charge on any atom is 0.141 e. The van der Waals surface area contributed by atoms with Gasteiger partial charge in [0, 0.05) is 37.6 Å². The monoisotopic (exact) mass is 439 g/mol. The summed E-state index contributed by atoms with van der Waals surface area (Å²) in [5, 5.41) is 14.8. The Kier molecular flexibility index (Phi) is 6.50. The number of aromatic nitrogens is 2. The molecule has 2 aromatic heterocycles. The van der Waals surface area contributed by atoms with Crippen molar-refractivity contribution in [3.63, 3.8) is 0 Å². The summed E-state index contributed by atoms with van der Waals surface area (Å²) < 4.78 is 0. The van der Waals surface area contributed by atoms with E-state index in [2.05, 4.69) is 25.1 Å². The second kappa shape index (κ2) is 8.69. The Morgan fingerprint density at radius 3 is 2.54 bits per heavy atom. The first-order valence-corrected chi connectivity index (χ1v) is 9.87. The number of piperazine rings is 1. The number of thiophene rings is 1. The number of hydrogen-bond donors (Lipinski definition) is 2. The molecular formula is C19H23Cl2N5OS. The lowest BCUT2D eigenvalue weighted by Crippen LogP contribution is -2.47. The number of nitrogens with one attached hydrogen (secondary N) is 1. The van der Waals surface area contributed by atoms with Gasteiger partial charge in [0.2, 0.25) is 0 Å². The molecule has 9 heteroatoms. The summed E-state index contributed by atoms with van der Waals surface area (Å²) in [5.74, 6) is 1.43. The maximum absolute atomic E-state index is 10.1. The van der Waals surface area contributed by atoms with Crippen molar-refractivity contribution in [2.75, 3.05) is 42.5 Å². The number of rotatable bonds is 2. The van der Waals surface area contributed by atoms with Crippen LogP contribution in [-0.4, -0.2) is 47.8 Å². The fraction of sp³-hybridized carbons (Fsp3) is 0.368. The predicted molar refractivity (Wildman–Crippen MR) is 120 cm³/mol. The third-order valence-electron chi connectivity index (χ3n) is 5.29. The highest BCUT2D eigenvalue weighted by Crippen LogP contribution is 2.37. The second-order valence-corrected chi connectivity index (χ2v) is 7.85. The summed E-state index contributed by atoms with van der Waals surface area (Å²) in [6.07, 6.45) is 2.75. The van der Waals surface area contributed by atoms with Crippen molar-refractivity contribution in [3.05, 3.63) is 41.0 Å². The van der Waals surface area contributed by atoms with E-state index in [9.17, 15) is 5.11 Å². The summed E-state index contributed by atoms with van der Waals surface area (Å²) in [7, 11) is 0. The lowest BCUT2D eigenvalue weighted by atomic mass is 10.1. The minimum absolute atomic E-state index is 0. The van der Waals surface area contributed by atoms with Crippen LogP contribution in [0.5, 0.6) is 5.75 Å². The quantitative estimate of drug-likeness (QED) is 0.638. The lowest BCUT2D eigenvalue weighted by molar-refractivity contribution is 0.472. The molecule has 1 saturated heterocycles. The van der Waals surface area contributed by atoms with Crippen molar-refractivity contribution < 1.29 is 5.11 Å². The van der Waals surface area contributed by atoms with Crippen molar-refractivity contribution >= 4 is 57.9 Å². The average molecular weight is 440 g/mol. The van der Waals surface area contributed by atoms with E-state index in [1.54, 1.807) is 23.7 Å². The smallest absolute Gasteiger partial charge is 0.141 e. The fourth-order valence-corrected chi connectivity index (χ4v) is 5.12. The maximum atomic E-state index is 10.1. The summed E-state index contributed by atoms with van der Waals surface area (Å²) >= 11 is 1.79. The molecule has 28 heavy (non-hydrogen) atoms. The third-order valence-corrected chi connectivity index (χ3v) is 6.43. The van der Waals surface area contributed by atoms with Crippen LogP contribution in [0.3, 0.4) is 0 Å². The van der Waals surface area contributed by atoms with Gasteiger partial charge in [0.25, 0.3) is 0 Å². The average Bonchev–Trinajstić information content (AvgIpc) is 3.07. The first kappa shape index (κ1) is 20.9. The molecule has 3 aromatic rings. The van der Waals surface area contributed by atoms with Crippen molar-refractivity contribution in [1.82, 2.24) is 15.3 Å². The van der Waals surface area contributed by atoms with Crippen LogP contribution in [0.2, 0.25) is 0 Å². The van der Waals surface area contributed by atoms with Gasteiger partial charge in [0.15, 0.2) is 0 Å². The number of nitrogens with zero attached hydrogens (tertiary/aromatic N) is 4. The molecule has 0 amide bonds. The van der Waals surface area contributed by atoms with Gasteiger partial charge in [-0.2, -0.15) is 0 Å². The largest absolute Gasteiger partial charge is 0.506 e. The molecule has 5 rings (SSSR count). The number of benzene rings is 1. The van der Waals surface area contributed by atoms with Gasteiger partial charge in [-0.1, -0.05) is 12.1 Å². The minimum atomic E-state index is 0. The van der Waals surface area contributed by atoms with Crippen LogP contribution in [0.25, 0.3) is 10.2 Å². The Labute approximate surface area is 180 Å². The van der Waals surface area contributed by atoms with Crippen LogP contribution >= 0.6 is 36.2 Å². The summed E-state index contributed by atoms with van der Waals surface area (Å²) in [4.78, 5) is 16.3. The highest BCUT2D eigenvalue weighted by Gasteiger charge is 2.25. The standard InChI is InChI=1S/C19H21N5OS.2ClH/c25-15-4-2-1-3-14(15)23-7-9-24(10-8-23)18-17-13-5-6-20-11-16(13)26-19(17)22-12-21-18;;/h1-4,12,20,25H,5-11H2;2*1H. The number of para-hydroxylation sites is 2. The van der Waals surface area contributed by atoms with Crippen molar-refractivity contribution in [2.45, 2.75) is 13.0 Å². The first-order valence-electron chi connectivity index (χ1n) is 9.05. The summed E-state index contributed by atoms with van der Waals surface area (Å²) in [5.41, 5.74) is 2.35. The van der Waals surface area contributed by atoms with Gasteiger partial charge in [-0.15, -0.1) is 36.2 Å². The Morgan fingerprint density at radius 1 is 1.00 bits per heavy atom. The highest BCUT2D eigenvalue weighted by atomic mass is 35.5. The van der Waals surface area contributed by atoms with E-state index in [-0.39, 0.29) is 24.8 Å². The molecule has 2 aliphatic heterocycles. The van der Waals surface area contributed by atoms with Crippen LogP contribution in [0, 0.1) is 0 Å². The minimum Gasteiger partial charge on any atom is -0.506 e. The van der Waals surface area contributed by atoms with E-state index in [4.69, 9.17) is 0 Å². The van der Waals surface area contributed by atoms with Crippen molar-refractivity contribution in [3.8, 4) is 5.75 Å². The Hall–Kier alpha value is -1.80. The topological polar surface area (TPSA) is 64.5 Å². The molecule has 2 aliphatic rings. The number of hydrogen-bond acceptors (Lipinski definition) is 7. The molecule has 0 aliphatic carbocycles. The molecule has 0 spiro atoms. The Bertz CT molecular complexity index is 959. The van der Waals surface area contributed by atoms with Crippen molar-refractivity contribution in [1.29, 1.82) is 0 Å². The van der Waals surface area contributed by atoms with E-state index in [1.807, 2.05) is 18.2 Å². The Morgan fingerprint density at radius 2 is 1.75 bits per heavy atom. The number of halogens is 2. The molecule has 4 heterocycles. The Balaban J connectivity index is 0.00000112. The van der Waals surface area contributed by atoms with Gasteiger partial charge in [0.1, 0.15) is 22.7 Å². The van der Waals surface area contributed by atoms with Gasteiger partial charge in [-0.05, 0) is 30.7 Å². The van der Waals surface area contributed by atoms with Crippen molar-refractivity contribution in [2.24, 2.45) is 0 Å². The number of phenolic OH excluding ortho intramolecular Hbond substituents is 1.